The van der Waals surface area contributed by atoms with Crippen LogP contribution in [-0.4, -0.2) is 11.5 Å². The van der Waals surface area contributed by atoms with Gasteiger partial charge in [0.05, 0.1) is 6.20 Å². The van der Waals surface area contributed by atoms with Gasteiger partial charge >= 0.3 is 0 Å². The highest BCUT2D eigenvalue weighted by atomic mass is 19.1. The Hall–Kier alpha value is -1.74. The molecule has 2 nitrogen and oxygen atoms in total. The maximum Gasteiger partial charge on any atom is 0.141 e. The van der Waals surface area contributed by atoms with E-state index in [0.29, 0.717) is 0 Å². The topological polar surface area (TPSA) is 24.9 Å². The average Bonchev–Trinajstić information content (AvgIpc) is 2.42. The Morgan fingerprint density at radius 1 is 1.17 bits per heavy atom. The molecule has 0 radical (unpaired) electrons. The number of likely N-dealkylation sites (N-methyl/N-ethyl adjacent to an activating group) is 1. The lowest BCUT2D eigenvalue weighted by atomic mass is 10.0. The number of benzene rings is 1. The van der Waals surface area contributed by atoms with Crippen molar-refractivity contribution in [3.8, 4) is 0 Å². The van der Waals surface area contributed by atoms with E-state index >= 15 is 0 Å². The van der Waals surface area contributed by atoms with E-state index in [1.165, 1.54) is 17.8 Å². The predicted octanol–water partition coefficient (Wildman–Crippen LogP) is 3.11. The van der Waals surface area contributed by atoms with Crippen LogP contribution in [0.5, 0.6) is 0 Å². The molecule has 0 saturated carbocycles. The standard InChI is InChI=1S/C15H17FN2/c1-2-17-15(12-6-4-3-5-7-12)10-14-9-8-13(16)11-18-14/h3-9,11,15,17H,2,10H2,1H3. The van der Waals surface area contributed by atoms with E-state index in [0.717, 1.165) is 18.7 Å². The third kappa shape index (κ3) is 3.37. The monoisotopic (exact) mass is 244 g/mol. The van der Waals surface area contributed by atoms with Crippen LogP contribution in [0.4, 0.5) is 4.39 Å². The summed E-state index contributed by atoms with van der Waals surface area (Å²) in [6, 6.07) is 13.7. The Morgan fingerprint density at radius 3 is 2.56 bits per heavy atom. The molecule has 1 aromatic carbocycles. The van der Waals surface area contributed by atoms with E-state index in [1.807, 2.05) is 18.2 Å². The molecule has 0 bridgehead atoms. The zero-order chi connectivity index (χ0) is 12.8. The number of halogens is 1. The molecule has 18 heavy (non-hydrogen) atoms. The molecule has 1 unspecified atom stereocenters. The SMILES string of the molecule is CCNC(Cc1ccc(F)cn1)c1ccccc1. The van der Waals surface area contributed by atoms with Crippen molar-refractivity contribution in [3.05, 3.63) is 65.7 Å². The van der Waals surface area contributed by atoms with Gasteiger partial charge in [0.2, 0.25) is 0 Å². The van der Waals surface area contributed by atoms with E-state index in [-0.39, 0.29) is 11.9 Å². The van der Waals surface area contributed by atoms with Crippen molar-refractivity contribution >= 4 is 0 Å². The summed E-state index contributed by atoms with van der Waals surface area (Å²) in [5.74, 6) is -0.293. The number of rotatable bonds is 5. The Kier molecular flexibility index (Phi) is 4.42. The van der Waals surface area contributed by atoms with Crippen molar-refractivity contribution in [2.24, 2.45) is 0 Å². The number of aromatic nitrogens is 1. The molecule has 1 aromatic heterocycles. The van der Waals surface area contributed by atoms with Crippen molar-refractivity contribution in [1.29, 1.82) is 0 Å². The maximum atomic E-state index is 12.8. The van der Waals surface area contributed by atoms with Gasteiger partial charge in [-0.3, -0.25) is 4.98 Å². The Balaban J connectivity index is 2.14. The Labute approximate surface area is 107 Å². The molecule has 0 fully saturated rings. The van der Waals surface area contributed by atoms with E-state index in [2.05, 4.69) is 29.4 Å². The van der Waals surface area contributed by atoms with Crippen LogP contribution in [0.3, 0.4) is 0 Å². The average molecular weight is 244 g/mol. The summed E-state index contributed by atoms with van der Waals surface area (Å²) in [7, 11) is 0. The Bertz CT molecular complexity index is 468. The van der Waals surface area contributed by atoms with Gasteiger partial charge in [-0.25, -0.2) is 4.39 Å². The summed E-state index contributed by atoms with van der Waals surface area (Å²) in [5.41, 5.74) is 2.12. The van der Waals surface area contributed by atoms with Gasteiger partial charge in [-0.05, 0) is 24.2 Å². The van der Waals surface area contributed by atoms with Crippen LogP contribution >= 0.6 is 0 Å². The molecule has 3 heteroatoms. The van der Waals surface area contributed by atoms with Gasteiger partial charge in [0, 0.05) is 18.2 Å². The lowest BCUT2D eigenvalue weighted by molar-refractivity contribution is 0.541. The number of nitrogens with one attached hydrogen (secondary N) is 1. The van der Waals surface area contributed by atoms with Gasteiger partial charge in [-0.15, -0.1) is 0 Å². The summed E-state index contributed by atoms with van der Waals surface area (Å²) >= 11 is 0. The van der Waals surface area contributed by atoms with Crippen molar-refractivity contribution < 1.29 is 4.39 Å². The van der Waals surface area contributed by atoms with Crippen LogP contribution in [0.2, 0.25) is 0 Å². The highest BCUT2D eigenvalue weighted by Gasteiger charge is 2.11. The lowest BCUT2D eigenvalue weighted by Gasteiger charge is -2.17. The van der Waals surface area contributed by atoms with Crippen LogP contribution in [-0.2, 0) is 6.42 Å². The highest BCUT2D eigenvalue weighted by Crippen LogP contribution is 2.17. The first kappa shape index (κ1) is 12.7. The molecule has 94 valence electrons. The fourth-order valence-corrected chi connectivity index (χ4v) is 1.98. The van der Waals surface area contributed by atoms with Gasteiger partial charge < -0.3 is 5.32 Å². The normalized spacial score (nSPS) is 12.3. The van der Waals surface area contributed by atoms with Crippen LogP contribution in [0, 0.1) is 5.82 Å². The molecule has 2 rings (SSSR count). The van der Waals surface area contributed by atoms with Gasteiger partial charge in [0.1, 0.15) is 5.82 Å². The molecule has 1 atom stereocenters. The minimum atomic E-state index is -0.293. The molecular formula is C15H17FN2. The molecule has 0 aliphatic rings. The van der Waals surface area contributed by atoms with Crippen molar-refractivity contribution in [2.75, 3.05) is 6.54 Å². The third-order valence-electron chi connectivity index (χ3n) is 2.85. The highest BCUT2D eigenvalue weighted by molar-refractivity contribution is 5.21. The largest absolute Gasteiger partial charge is 0.310 e. The number of pyridine rings is 1. The fraction of sp³-hybridized carbons (Fsp3) is 0.267. The quantitative estimate of drug-likeness (QED) is 0.874. The molecular weight excluding hydrogens is 227 g/mol. The van der Waals surface area contributed by atoms with Crippen molar-refractivity contribution in [2.45, 2.75) is 19.4 Å². The number of hydrogen-bond donors (Lipinski definition) is 1. The first-order valence-electron chi connectivity index (χ1n) is 6.18. The molecule has 0 amide bonds. The van der Waals surface area contributed by atoms with Crippen LogP contribution in [0.1, 0.15) is 24.2 Å². The second-order valence-electron chi connectivity index (χ2n) is 4.19. The second kappa shape index (κ2) is 6.26. The van der Waals surface area contributed by atoms with Gasteiger partial charge in [-0.2, -0.15) is 0 Å². The molecule has 0 aliphatic carbocycles. The van der Waals surface area contributed by atoms with Gasteiger partial charge in [0.15, 0.2) is 0 Å². The first-order valence-corrected chi connectivity index (χ1v) is 6.18. The molecule has 1 heterocycles. The van der Waals surface area contributed by atoms with E-state index in [9.17, 15) is 4.39 Å². The molecule has 0 spiro atoms. The molecule has 1 N–H and O–H groups in total. The van der Waals surface area contributed by atoms with E-state index in [4.69, 9.17) is 0 Å². The molecule has 0 saturated heterocycles. The number of hydrogen-bond acceptors (Lipinski definition) is 2. The number of nitrogens with zero attached hydrogens (tertiary/aromatic N) is 1. The minimum absolute atomic E-state index is 0.217. The molecule has 2 aromatic rings. The fourth-order valence-electron chi connectivity index (χ4n) is 1.98. The summed E-state index contributed by atoms with van der Waals surface area (Å²) < 4.78 is 12.8. The van der Waals surface area contributed by atoms with Crippen molar-refractivity contribution in [3.63, 3.8) is 0 Å². The predicted molar refractivity (Wildman–Crippen MR) is 70.8 cm³/mol. The Morgan fingerprint density at radius 2 is 1.94 bits per heavy atom. The van der Waals surface area contributed by atoms with Gasteiger partial charge in [-0.1, -0.05) is 37.3 Å². The van der Waals surface area contributed by atoms with Gasteiger partial charge in [0.25, 0.3) is 0 Å². The lowest BCUT2D eigenvalue weighted by Crippen LogP contribution is -2.23. The van der Waals surface area contributed by atoms with E-state index < -0.39 is 0 Å². The summed E-state index contributed by atoms with van der Waals surface area (Å²) in [6.45, 7) is 2.97. The van der Waals surface area contributed by atoms with E-state index in [1.54, 1.807) is 6.07 Å². The van der Waals surface area contributed by atoms with Crippen molar-refractivity contribution in [1.82, 2.24) is 10.3 Å². The summed E-state index contributed by atoms with van der Waals surface area (Å²) in [6.07, 6.45) is 2.03. The maximum absolute atomic E-state index is 12.8. The third-order valence-corrected chi connectivity index (χ3v) is 2.85. The molecule has 0 aliphatic heterocycles. The first-order chi connectivity index (χ1) is 8.79. The minimum Gasteiger partial charge on any atom is -0.310 e. The zero-order valence-electron chi connectivity index (χ0n) is 10.4. The van der Waals surface area contributed by atoms with Crippen LogP contribution < -0.4 is 5.32 Å². The summed E-state index contributed by atoms with van der Waals surface area (Å²) in [4.78, 5) is 4.11. The van der Waals surface area contributed by atoms with Crippen LogP contribution in [0.15, 0.2) is 48.7 Å². The smallest absolute Gasteiger partial charge is 0.141 e. The summed E-state index contributed by atoms with van der Waals surface area (Å²) in [5, 5.41) is 3.43. The second-order valence-corrected chi connectivity index (χ2v) is 4.19. The van der Waals surface area contributed by atoms with Crippen LogP contribution in [0.25, 0.3) is 0 Å². The zero-order valence-corrected chi connectivity index (χ0v) is 10.4.